The lowest BCUT2D eigenvalue weighted by Gasteiger charge is -2.37. The van der Waals surface area contributed by atoms with E-state index in [0.29, 0.717) is 43.2 Å². The van der Waals surface area contributed by atoms with Crippen molar-refractivity contribution in [3.8, 4) is 0 Å². The molecule has 0 aromatic heterocycles. The van der Waals surface area contributed by atoms with Crippen LogP contribution in [0.5, 0.6) is 0 Å². The second-order valence-corrected chi connectivity index (χ2v) is 6.25. The van der Waals surface area contributed by atoms with Crippen LogP contribution in [-0.4, -0.2) is 53.6 Å². The van der Waals surface area contributed by atoms with E-state index >= 15 is 0 Å². The van der Waals surface area contributed by atoms with Gasteiger partial charge in [-0.15, -0.1) is 0 Å². The van der Waals surface area contributed by atoms with Gasteiger partial charge in [0.1, 0.15) is 0 Å². The lowest BCUT2D eigenvalue weighted by atomic mass is 9.81. The number of nitrogens with zero attached hydrogens (tertiary/aromatic N) is 1. The van der Waals surface area contributed by atoms with E-state index in [-0.39, 0.29) is 6.54 Å². The van der Waals surface area contributed by atoms with E-state index in [1.165, 1.54) is 0 Å². The predicted octanol–water partition coefficient (Wildman–Crippen LogP) is 2.05. The lowest BCUT2D eigenvalue weighted by Crippen LogP contribution is -2.56. The minimum absolute atomic E-state index is 0.0437. The summed E-state index contributed by atoms with van der Waals surface area (Å²) in [5.74, 6) is -1.24. The zero-order valence-corrected chi connectivity index (χ0v) is 13.0. The summed E-state index contributed by atoms with van der Waals surface area (Å²) in [5, 5.41) is 2.26. The molecular weight excluding hydrogens is 357 g/mol. The third-order valence-corrected chi connectivity index (χ3v) is 5.36. The zero-order valence-electron chi connectivity index (χ0n) is 11.4. The predicted molar refractivity (Wildman–Crippen MR) is 71.0 cm³/mol. The maximum Gasteiger partial charge on any atom is 0.420 e. The van der Waals surface area contributed by atoms with Gasteiger partial charge in [-0.05, 0) is 19.8 Å². The molecule has 0 aliphatic carbocycles. The minimum Gasteiger partial charge on any atom is -0.381 e. The molecule has 2 saturated heterocycles. The van der Waals surface area contributed by atoms with Crippen LogP contribution in [0.3, 0.4) is 0 Å². The molecule has 1 N–H and O–H groups in total. The van der Waals surface area contributed by atoms with E-state index in [1.54, 1.807) is 5.32 Å². The largest absolute Gasteiger partial charge is 0.420 e. The van der Waals surface area contributed by atoms with Gasteiger partial charge in [0.25, 0.3) is 5.91 Å². The molecule has 2 rings (SSSR count). The molecule has 2 aliphatic heterocycles. The third kappa shape index (κ3) is 2.77. The van der Waals surface area contributed by atoms with Crippen LogP contribution in [0.25, 0.3) is 0 Å². The summed E-state index contributed by atoms with van der Waals surface area (Å²) in [6.07, 6.45) is -3.66. The van der Waals surface area contributed by atoms with Crippen molar-refractivity contribution in [3.63, 3.8) is 0 Å². The molecule has 0 radical (unpaired) electrons. The summed E-state index contributed by atoms with van der Waals surface area (Å²) in [4.78, 5) is 24.6. The Balaban J connectivity index is 2.21. The quantitative estimate of drug-likeness (QED) is 0.609. The number of amides is 3. The van der Waals surface area contributed by atoms with Crippen LogP contribution >= 0.6 is 15.9 Å². The van der Waals surface area contributed by atoms with Crippen LogP contribution in [-0.2, 0) is 9.53 Å². The average molecular weight is 373 g/mol. The Bertz CT molecular complexity index is 452. The summed E-state index contributed by atoms with van der Waals surface area (Å²) in [6, 6.07) is -0.994. The SMILES string of the molecule is CC1(C(F)(F)F)NC(=O)N(CC2(CBr)CCOCC2)C1=O. The molecule has 0 saturated carbocycles. The molecule has 1 unspecified atom stereocenters. The van der Waals surface area contributed by atoms with Crippen LogP contribution in [0.2, 0.25) is 0 Å². The van der Waals surface area contributed by atoms with Crippen LogP contribution in [0.15, 0.2) is 0 Å². The van der Waals surface area contributed by atoms with Crippen LogP contribution in [0.4, 0.5) is 18.0 Å². The molecule has 3 amide bonds. The van der Waals surface area contributed by atoms with E-state index < -0.39 is 29.1 Å². The molecule has 0 spiro atoms. The van der Waals surface area contributed by atoms with E-state index in [2.05, 4.69) is 15.9 Å². The van der Waals surface area contributed by atoms with Gasteiger partial charge < -0.3 is 10.1 Å². The number of rotatable bonds is 3. The maximum absolute atomic E-state index is 13.0. The van der Waals surface area contributed by atoms with Gasteiger partial charge in [-0.2, -0.15) is 13.2 Å². The number of ether oxygens (including phenoxy) is 1. The number of imide groups is 1. The number of halogens is 4. The number of nitrogens with one attached hydrogen (secondary N) is 1. The third-order valence-electron chi connectivity index (χ3n) is 4.17. The summed E-state index contributed by atoms with van der Waals surface area (Å²) >= 11 is 3.34. The first kappa shape index (κ1) is 16.5. The van der Waals surface area contributed by atoms with Gasteiger partial charge in [0.05, 0.1) is 0 Å². The Morgan fingerprint density at radius 3 is 2.33 bits per heavy atom. The lowest BCUT2D eigenvalue weighted by molar-refractivity contribution is -0.191. The minimum atomic E-state index is -4.83. The van der Waals surface area contributed by atoms with Crippen molar-refractivity contribution in [1.29, 1.82) is 0 Å². The van der Waals surface area contributed by atoms with Crippen molar-refractivity contribution >= 4 is 27.9 Å². The summed E-state index contributed by atoms with van der Waals surface area (Å²) in [7, 11) is 0. The highest BCUT2D eigenvalue weighted by molar-refractivity contribution is 9.09. The van der Waals surface area contributed by atoms with Crippen LogP contribution < -0.4 is 5.32 Å². The molecular formula is C12H16BrF3N2O3. The molecule has 2 fully saturated rings. The number of carbonyl (C=O) groups excluding carboxylic acids is 2. The standard InChI is InChI=1S/C12H16BrF3N2O3/c1-10(12(14,15)16)8(19)18(9(20)17-10)7-11(6-13)2-4-21-5-3-11/h2-7H2,1H3,(H,17,20). The zero-order chi connectivity index (χ0) is 15.9. The second kappa shape index (κ2) is 5.42. The molecule has 0 aromatic carbocycles. The molecule has 0 bridgehead atoms. The Morgan fingerprint density at radius 2 is 1.90 bits per heavy atom. The molecule has 5 nitrogen and oxygen atoms in total. The van der Waals surface area contributed by atoms with E-state index in [4.69, 9.17) is 4.74 Å². The van der Waals surface area contributed by atoms with Crippen LogP contribution in [0, 0.1) is 5.41 Å². The first-order valence-corrected chi connectivity index (χ1v) is 7.62. The van der Waals surface area contributed by atoms with Gasteiger partial charge >= 0.3 is 12.2 Å². The van der Waals surface area contributed by atoms with E-state index in [1.807, 2.05) is 0 Å². The average Bonchev–Trinajstić information content (AvgIpc) is 2.64. The number of carbonyl (C=O) groups is 2. The fraction of sp³-hybridized carbons (Fsp3) is 0.833. The molecule has 21 heavy (non-hydrogen) atoms. The molecule has 2 aliphatic rings. The summed E-state index contributed by atoms with van der Waals surface area (Å²) in [6.45, 7) is 1.58. The van der Waals surface area contributed by atoms with Gasteiger partial charge in [0, 0.05) is 30.5 Å². The highest BCUT2D eigenvalue weighted by Gasteiger charge is 2.64. The van der Waals surface area contributed by atoms with E-state index in [0.717, 1.165) is 0 Å². The molecule has 9 heteroatoms. The Labute approximate surface area is 128 Å². The van der Waals surface area contributed by atoms with Gasteiger partial charge in [-0.1, -0.05) is 15.9 Å². The molecule has 0 aromatic rings. The number of urea groups is 1. The van der Waals surface area contributed by atoms with Gasteiger partial charge in [-0.25, -0.2) is 4.79 Å². The maximum atomic E-state index is 13.0. The Morgan fingerprint density at radius 1 is 1.33 bits per heavy atom. The van der Waals surface area contributed by atoms with Crippen molar-refractivity contribution in [3.05, 3.63) is 0 Å². The normalized spacial score (nSPS) is 29.7. The molecule has 2 heterocycles. The molecule has 120 valence electrons. The van der Waals surface area contributed by atoms with Crippen molar-refractivity contribution < 1.29 is 27.5 Å². The smallest absolute Gasteiger partial charge is 0.381 e. The Hall–Kier alpha value is -0.830. The van der Waals surface area contributed by atoms with E-state index in [9.17, 15) is 22.8 Å². The monoisotopic (exact) mass is 372 g/mol. The van der Waals surface area contributed by atoms with Crippen molar-refractivity contribution in [2.75, 3.05) is 25.1 Å². The van der Waals surface area contributed by atoms with Gasteiger partial charge in [0.2, 0.25) is 5.54 Å². The highest BCUT2D eigenvalue weighted by Crippen LogP contribution is 2.39. The Kier molecular flexibility index (Phi) is 4.27. The van der Waals surface area contributed by atoms with Crippen molar-refractivity contribution in [2.24, 2.45) is 5.41 Å². The second-order valence-electron chi connectivity index (χ2n) is 5.69. The fourth-order valence-electron chi connectivity index (χ4n) is 2.51. The number of alkyl halides is 4. The number of hydrogen-bond acceptors (Lipinski definition) is 3. The summed E-state index contributed by atoms with van der Waals surface area (Å²) in [5.41, 5.74) is -3.29. The first-order chi connectivity index (χ1) is 9.65. The topological polar surface area (TPSA) is 58.6 Å². The fourth-order valence-corrected chi connectivity index (χ4v) is 3.24. The molecule has 1 atom stereocenters. The first-order valence-electron chi connectivity index (χ1n) is 6.50. The highest BCUT2D eigenvalue weighted by atomic mass is 79.9. The number of hydrogen-bond donors (Lipinski definition) is 1. The van der Waals surface area contributed by atoms with Gasteiger partial charge in [-0.3, -0.25) is 9.69 Å². The van der Waals surface area contributed by atoms with Gasteiger partial charge in [0.15, 0.2) is 0 Å². The van der Waals surface area contributed by atoms with Crippen molar-refractivity contribution in [2.45, 2.75) is 31.5 Å². The van der Waals surface area contributed by atoms with Crippen LogP contribution in [0.1, 0.15) is 19.8 Å². The van der Waals surface area contributed by atoms with Crippen molar-refractivity contribution in [1.82, 2.24) is 10.2 Å². The summed E-state index contributed by atoms with van der Waals surface area (Å²) < 4.78 is 44.3.